The Morgan fingerprint density at radius 2 is 2.24 bits per heavy atom. The second-order valence-corrected chi connectivity index (χ2v) is 5.01. The highest BCUT2D eigenvalue weighted by atomic mass is 79.9. The Morgan fingerprint density at radius 1 is 1.41 bits per heavy atom. The van der Waals surface area contributed by atoms with Gasteiger partial charge < -0.3 is 9.84 Å². The summed E-state index contributed by atoms with van der Waals surface area (Å²) in [5.74, 6) is 1.06. The summed E-state index contributed by atoms with van der Waals surface area (Å²) in [4.78, 5) is 8.30. The number of aromatic nitrogens is 3. The highest BCUT2D eigenvalue weighted by Gasteiger charge is 2.09. The first-order valence-electron chi connectivity index (χ1n) is 5.33. The van der Waals surface area contributed by atoms with Crippen molar-refractivity contribution in [1.82, 2.24) is 15.1 Å². The largest absolute Gasteiger partial charge is 0.337 e. The van der Waals surface area contributed by atoms with Crippen LogP contribution in [0.4, 0.5) is 6.01 Å². The number of hydrogen-bond acceptors (Lipinski definition) is 5. The van der Waals surface area contributed by atoms with Crippen LogP contribution >= 0.6 is 15.9 Å². The Balaban J connectivity index is 2.12. The zero-order chi connectivity index (χ0) is 12.3. The maximum atomic E-state index is 5.09. The van der Waals surface area contributed by atoms with Gasteiger partial charge in [-0.15, -0.1) is 0 Å². The van der Waals surface area contributed by atoms with Gasteiger partial charge in [0.25, 0.3) is 0 Å². The van der Waals surface area contributed by atoms with E-state index in [4.69, 9.17) is 4.52 Å². The predicted octanol–water partition coefficient (Wildman–Crippen LogP) is 2.96. The Kier molecular flexibility index (Phi) is 3.73. The fraction of sp³-hybridized carbons (Fsp3) is 0.364. The second kappa shape index (κ2) is 5.27. The van der Waals surface area contributed by atoms with Crippen molar-refractivity contribution in [3.05, 3.63) is 22.9 Å². The summed E-state index contributed by atoms with van der Waals surface area (Å²) >= 11 is 3.35. The van der Waals surface area contributed by atoms with Crippen LogP contribution in [0.5, 0.6) is 0 Å². The van der Waals surface area contributed by atoms with Crippen molar-refractivity contribution in [2.75, 3.05) is 11.9 Å². The van der Waals surface area contributed by atoms with E-state index in [1.54, 1.807) is 12.4 Å². The molecule has 0 saturated carbocycles. The van der Waals surface area contributed by atoms with Crippen molar-refractivity contribution in [2.45, 2.75) is 13.8 Å². The van der Waals surface area contributed by atoms with E-state index in [2.05, 4.69) is 50.2 Å². The van der Waals surface area contributed by atoms with Gasteiger partial charge in [0, 0.05) is 29.0 Å². The quantitative estimate of drug-likeness (QED) is 0.940. The van der Waals surface area contributed by atoms with Crippen LogP contribution in [0.2, 0.25) is 0 Å². The fourth-order valence-electron chi connectivity index (χ4n) is 1.24. The number of anilines is 1. The van der Waals surface area contributed by atoms with Crippen LogP contribution < -0.4 is 5.32 Å². The number of halogens is 1. The summed E-state index contributed by atoms with van der Waals surface area (Å²) in [5, 5.41) is 6.97. The highest BCUT2D eigenvalue weighted by molar-refractivity contribution is 9.10. The van der Waals surface area contributed by atoms with E-state index in [-0.39, 0.29) is 0 Å². The lowest BCUT2D eigenvalue weighted by molar-refractivity contribution is 0.429. The maximum Gasteiger partial charge on any atom is 0.321 e. The van der Waals surface area contributed by atoms with Crippen molar-refractivity contribution < 1.29 is 4.52 Å². The molecule has 0 spiro atoms. The van der Waals surface area contributed by atoms with Crippen LogP contribution in [0.25, 0.3) is 11.4 Å². The molecule has 2 rings (SSSR count). The number of nitrogens with one attached hydrogen (secondary N) is 1. The first-order chi connectivity index (χ1) is 8.15. The standard InChI is InChI=1S/C11H13BrN4O/c1-7(2)4-14-11-15-10(16-17-11)8-3-9(12)6-13-5-8/h3,5-7H,4H2,1-2H3,(H,14,15,16). The first-order valence-corrected chi connectivity index (χ1v) is 6.13. The number of nitrogens with zero attached hydrogens (tertiary/aromatic N) is 3. The number of rotatable bonds is 4. The van der Waals surface area contributed by atoms with Crippen molar-refractivity contribution in [2.24, 2.45) is 5.92 Å². The minimum Gasteiger partial charge on any atom is -0.337 e. The first kappa shape index (κ1) is 12.0. The molecule has 0 aromatic carbocycles. The van der Waals surface area contributed by atoms with Gasteiger partial charge in [0.2, 0.25) is 5.82 Å². The average Bonchev–Trinajstić information content (AvgIpc) is 2.75. The minimum atomic E-state index is 0.439. The zero-order valence-electron chi connectivity index (χ0n) is 9.64. The van der Waals surface area contributed by atoms with Crippen LogP contribution in [0, 0.1) is 5.92 Å². The average molecular weight is 297 g/mol. The molecule has 0 radical (unpaired) electrons. The molecular weight excluding hydrogens is 284 g/mol. The van der Waals surface area contributed by atoms with Crippen LogP contribution in [-0.4, -0.2) is 21.7 Å². The summed E-state index contributed by atoms with van der Waals surface area (Å²) in [6.45, 7) is 5.03. The van der Waals surface area contributed by atoms with Crippen molar-refractivity contribution >= 4 is 21.9 Å². The monoisotopic (exact) mass is 296 g/mol. The summed E-state index contributed by atoms with van der Waals surface area (Å²) < 4.78 is 5.98. The molecule has 0 aliphatic heterocycles. The van der Waals surface area contributed by atoms with Crippen molar-refractivity contribution in [3.8, 4) is 11.4 Å². The van der Waals surface area contributed by atoms with E-state index >= 15 is 0 Å². The molecule has 90 valence electrons. The molecule has 0 bridgehead atoms. The van der Waals surface area contributed by atoms with Gasteiger partial charge in [0.15, 0.2) is 0 Å². The van der Waals surface area contributed by atoms with Crippen LogP contribution in [0.1, 0.15) is 13.8 Å². The Bertz CT molecular complexity index is 498. The van der Waals surface area contributed by atoms with Gasteiger partial charge in [-0.05, 0) is 27.9 Å². The highest BCUT2D eigenvalue weighted by Crippen LogP contribution is 2.20. The van der Waals surface area contributed by atoms with Gasteiger partial charge in [-0.25, -0.2) is 0 Å². The lowest BCUT2D eigenvalue weighted by atomic mass is 10.2. The van der Waals surface area contributed by atoms with Crippen molar-refractivity contribution in [1.29, 1.82) is 0 Å². The molecule has 0 unspecified atom stereocenters. The van der Waals surface area contributed by atoms with E-state index in [1.807, 2.05) is 6.07 Å². The number of pyridine rings is 1. The molecule has 2 aromatic rings. The normalized spacial score (nSPS) is 10.8. The molecule has 6 heteroatoms. The van der Waals surface area contributed by atoms with E-state index in [0.717, 1.165) is 16.6 Å². The van der Waals surface area contributed by atoms with Gasteiger partial charge in [-0.1, -0.05) is 19.0 Å². The molecule has 0 amide bonds. The van der Waals surface area contributed by atoms with Crippen LogP contribution in [-0.2, 0) is 0 Å². The predicted molar refractivity (Wildman–Crippen MR) is 68.6 cm³/mol. The smallest absolute Gasteiger partial charge is 0.321 e. The van der Waals surface area contributed by atoms with Crippen LogP contribution in [0.15, 0.2) is 27.5 Å². The van der Waals surface area contributed by atoms with Crippen molar-refractivity contribution in [3.63, 3.8) is 0 Å². The third-order valence-electron chi connectivity index (χ3n) is 2.05. The van der Waals surface area contributed by atoms with E-state index in [9.17, 15) is 0 Å². The zero-order valence-corrected chi connectivity index (χ0v) is 11.2. The molecule has 5 nitrogen and oxygen atoms in total. The maximum absolute atomic E-state index is 5.09. The molecule has 17 heavy (non-hydrogen) atoms. The molecular formula is C11H13BrN4O. The van der Waals surface area contributed by atoms with E-state index < -0.39 is 0 Å². The van der Waals surface area contributed by atoms with E-state index in [0.29, 0.717) is 17.8 Å². The number of hydrogen-bond donors (Lipinski definition) is 1. The summed E-state index contributed by atoms with van der Waals surface area (Å²) in [6, 6.07) is 2.33. The summed E-state index contributed by atoms with van der Waals surface area (Å²) in [7, 11) is 0. The lowest BCUT2D eigenvalue weighted by Gasteiger charge is -2.02. The topological polar surface area (TPSA) is 63.8 Å². The third kappa shape index (κ3) is 3.26. The molecule has 0 saturated heterocycles. The fourth-order valence-corrected chi connectivity index (χ4v) is 1.60. The lowest BCUT2D eigenvalue weighted by Crippen LogP contribution is -2.07. The molecule has 2 aromatic heterocycles. The third-order valence-corrected chi connectivity index (χ3v) is 2.48. The van der Waals surface area contributed by atoms with Gasteiger partial charge >= 0.3 is 6.01 Å². The Morgan fingerprint density at radius 3 is 2.94 bits per heavy atom. The molecule has 0 fully saturated rings. The van der Waals surface area contributed by atoms with Crippen LogP contribution in [0.3, 0.4) is 0 Å². The summed E-state index contributed by atoms with van der Waals surface area (Å²) in [5.41, 5.74) is 0.820. The molecule has 0 aliphatic carbocycles. The molecule has 2 heterocycles. The SMILES string of the molecule is CC(C)CNc1nc(-c2cncc(Br)c2)no1. The minimum absolute atomic E-state index is 0.439. The van der Waals surface area contributed by atoms with Gasteiger partial charge in [-0.2, -0.15) is 4.98 Å². The van der Waals surface area contributed by atoms with E-state index in [1.165, 1.54) is 0 Å². The summed E-state index contributed by atoms with van der Waals surface area (Å²) in [6.07, 6.45) is 3.41. The van der Waals surface area contributed by atoms with Gasteiger partial charge in [-0.3, -0.25) is 4.98 Å². The Hall–Kier alpha value is -1.43. The molecule has 1 N–H and O–H groups in total. The Labute approximate surface area is 108 Å². The molecule has 0 atom stereocenters. The molecule has 0 aliphatic rings. The van der Waals surface area contributed by atoms with Gasteiger partial charge in [0.05, 0.1) is 0 Å². The van der Waals surface area contributed by atoms with Gasteiger partial charge in [0.1, 0.15) is 0 Å². The second-order valence-electron chi connectivity index (χ2n) is 4.09.